The topological polar surface area (TPSA) is 89.0 Å². The van der Waals surface area contributed by atoms with Crippen LogP contribution >= 0.6 is 0 Å². The van der Waals surface area contributed by atoms with Gasteiger partial charge in [0.25, 0.3) is 0 Å². The molecule has 6 heteroatoms. The molecule has 0 aromatic carbocycles. The van der Waals surface area contributed by atoms with Crippen LogP contribution in [-0.2, 0) is 0 Å². The molecule has 0 aliphatic rings. The van der Waals surface area contributed by atoms with Gasteiger partial charge in [-0.15, -0.1) is 0 Å². The van der Waals surface area contributed by atoms with E-state index in [2.05, 4.69) is 0 Å². The second-order valence-electron chi connectivity index (χ2n) is 0.283. The van der Waals surface area contributed by atoms with Crippen LogP contribution in [0.5, 0.6) is 0 Å². The summed E-state index contributed by atoms with van der Waals surface area (Å²) in [6.07, 6.45) is -1.83. The van der Waals surface area contributed by atoms with Crippen molar-refractivity contribution in [1.29, 1.82) is 0 Å². The van der Waals surface area contributed by atoms with E-state index < -0.39 is 6.16 Å². The third-order valence-electron chi connectivity index (χ3n) is 0. The molecule has 0 radical (unpaired) electrons. The van der Waals surface area contributed by atoms with E-state index in [0.717, 1.165) is 0 Å². The molecule has 0 saturated heterocycles. The zero-order valence-electron chi connectivity index (χ0n) is 2.30. The van der Waals surface area contributed by atoms with Crippen molar-refractivity contribution in [2.45, 2.75) is 0 Å². The molecule has 0 aromatic heterocycles. The summed E-state index contributed by atoms with van der Waals surface area (Å²) < 4.78 is 0. The SMILES string of the molecule is O.O=C(O)O.[CaH2].[NaH]. The van der Waals surface area contributed by atoms with Crippen LogP contribution in [0.2, 0.25) is 0 Å². The predicted octanol–water partition coefficient (Wildman–Crippen LogP) is -2.17. The van der Waals surface area contributed by atoms with Crippen LogP contribution in [0.25, 0.3) is 0 Å². The molecule has 0 aliphatic carbocycles. The zero-order chi connectivity index (χ0) is 3.58. The fourth-order valence-corrected chi connectivity index (χ4v) is 0. The van der Waals surface area contributed by atoms with Gasteiger partial charge in [0.15, 0.2) is 0 Å². The summed E-state index contributed by atoms with van der Waals surface area (Å²) in [7, 11) is 0. The summed E-state index contributed by atoms with van der Waals surface area (Å²) in [5.41, 5.74) is 0. The molecule has 0 aromatic rings. The van der Waals surface area contributed by atoms with Gasteiger partial charge in [0.1, 0.15) is 0 Å². The van der Waals surface area contributed by atoms with E-state index in [-0.39, 0.29) is 72.8 Å². The van der Waals surface area contributed by atoms with Crippen LogP contribution in [0.15, 0.2) is 0 Å². The second kappa shape index (κ2) is 15.6. The molecule has 4 nitrogen and oxygen atoms in total. The van der Waals surface area contributed by atoms with Crippen LogP contribution in [0.3, 0.4) is 0 Å². The van der Waals surface area contributed by atoms with Gasteiger partial charge >= 0.3 is 73.5 Å². The van der Waals surface area contributed by atoms with E-state index in [1.54, 1.807) is 0 Å². The molecule has 38 valence electrons. The van der Waals surface area contributed by atoms with Gasteiger partial charge < -0.3 is 15.7 Å². The minimum atomic E-state index is -1.83. The van der Waals surface area contributed by atoms with Gasteiger partial charge in [0, 0.05) is 0 Å². The number of carbonyl (C=O) groups is 1. The molecule has 0 spiro atoms. The molecule has 0 rings (SSSR count). The average Bonchev–Trinajstić information content (AvgIpc) is 0.811. The summed E-state index contributed by atoms with van der Waals surface area (Å²) >= 11 is 0. The fraction of sp³-hybridized carbons (Fsp3) is 0. The number of carboxylic acid groups (broad SMARTS) is 2. The molecular weight excluding hydrogens is 139 g/mol. The summed E-state index contributed by atoms with van der Waals surface area (Å²) in [5, 5.41) is 13.9. The molecular formula is CH7CaNaO4. The molecule has 0 saturated carbocycles. The van der Waals surface area contributed by atoms with E-state index in [0.29, 0.717) is 0 Å². The molecule has 7 heavy (non-hydrogen) atoms. The number of hydrogen-bond acceptors (Lipinski definition) is 1. The van der Waals surface area contributed by atoms with Gasteiger partial charge in [-0.1, -0.05) is 0 Å². The normalized spacial score (nSPS) is 3.43. The van der Waals surface area contributed by atoms with Crippen molar-refractivity contribution in [2.24, 2.45) is 0 Å². The van der Waals surface area contributed by atoms with Crippen molar-refractivity contribution in [3.05, 3.63) is 0 Å². The van der Waals surface area contributed by atoms with Crippen molar-refractivity contribution >= 4 is 73.5 Å². The Bertz CT molecular complexity index is 34.7. The molecule has 0 aliphatic heterocycles. The van der Waals surface area contributed by atoms with Crippen molar-refractivity contribution in [2.75, 3.05) is 0 Å². The van der Waals surface area contributed by atoms with E-state index in [9.17, 15) is 0 Å². The quantitative estimate of drug-likeness (QED) is 0.381. The van der Waals surface area contributed by atoms with Gasteiger partial charge in [-0.05, 0) is 0 Å². The standard InChI is InChI=1S/CH2O3.Ca.Na.H2O.3H/c2-1(3)4;;;;;;/h(H2,2,3,4);;;1H2;;;. The van der Waals surface area contributed by atoms with Crippen molar-refractivity contribution in [3.63, 3.8) is 0 Å². The molecule has 4 N–H and O–H groups in total. The van der Waals surface area contributed by atoms with Crippen molar-refractivity contribution in [3.8, 4) is 0 Å². The summed E-state index contributed by atoms with van der Waals surface area (Å²) in [6, 6.07) is 0. The Morgan fingerprint density at radius 2 is 1.29 bits per heavy atom. The maximum absolute atomic E-state index is 8.56. The third kappa shape index (κ3) is 102. The van der Waals surface area contributed by atoms with Gasteiger partial charge in [0.05, 0.1) is 0 Å². The van der Waals surface area contributed by atoms with Gasteiger partial charge in [-0.2, -0.15) is 0 Å². The molecule has 0 unspecified atom stereocenters. The van der Waals surface area contributed by atoms with Crippen LogP contribution in [0, 0.1) is 0 Å². The zero-order valence-corrected chi connectivity index (χ0v) is 2.30. The monoisotopic (exact) mass is 146 g/mol. The number of rotatable bonds is 0. The van der Waals surface area contributed by atoms with Crippen molar-refractivity contribution in [1.82, 2.24) is 0 Å². The number of hydrogen-bond donors (Lipinski definition) is 2. The first-order valence-corrected chi connectivity index (χ1v) is 0.651. The Morgan fingerprint density at radius 3 is 1.29 bits per heavy atom. The Balaban J connectivity index is -0.0000000150. The summed E-state index contributed by atoms with van der Waals surface area (Å²) in [6.45, 7) is 0. The van der Waals surface area contributed by atoms with Crippen LogP contribution in [0.1, 0.15) is 0 Å². The molecule has 0 heterocycles. The molecule has 0 amide bonds. The van der Waals surface area contributed by atoms with E-state index in [4.69, 9.17) is 15.0 Å². The third-order valence-corrected chi connectivity index (χ3v) is 0. The average molecular weight is 146 g/mol. The maximum atomic E-state index is 8.56. The fourth-order valence-electron chi connectivity index (χ4n) is 0. The second-order valence-corrected chi connectivity index (χ2v) is 0.283. The van der Waals surface area contributed by atoms with Crippen LogP contribution in [0.4, 0.5) is 4.79 Å². The predicted molar refractivity (Wildman–Crippen MR) is 30.0 cm³/mol. The Hall–Kier alpha value is 1.49. The summed E-state index contributed by atoms with van der Waals surface area (Å²) in [4.78, 5) is 8.56. The van der Waals surface area contributed by atoms with Crippen molar-refractivity contribution < 1.29 is 20.5 Å². The van der Waals surface area contributed by atoms with E-state index in [1.165, 1.54) is 0 Å². The van der Waals surface area contributed by atoms with E-state index in [1.807, 2.05) is 0 Å². The minimum absolute atomic E-state index is 0. The Kier molecular flexibility index (Phi) is 52.8. The first-order chi connectivity index (χ1) is 1.73. The van der Waals surface area contributed by atoms with Crippen LogP contribution < -0.4 is 0 Å². The Labute approximate surface area is 92.5 Å². The molecule has 0 atom stereocenters. The van der Waals surface area contributed by atoms with Gasteiger partial charge in [-0.3, -0.25) is 0 Å². The van der Waals surface area contributed by atoms with Gasteiger partial charge in [0.2, 0.25) is 0 Å². The van der Waals surface area contributed by atoms with E-state index >= 15 is 0 Å². The molecule has 0 fully saturated rings. The Morgan fingerprint density at radius 1 is 1.29 bits per heavy atom. The van der Waals surface area contributed by atoms with Gasteiger partial charge in [-0.25, -0.2) is 4.79 Å². The first kappa shape index (κ1) is 23.6. The molecule has 0 bridgehead atoms. The van der Waals surface area contributed by atoms with Crippen LogP contribution in [-0.4, -0.2) is 89.1 Å². The first-order valence-electron chi connectivity index (χ1n) is 0.651. The summed E-state index contributed by atoms with van der Waals surface area (Å²) in [5.74, 6) is 0.